The van der Waals surface area contributed by atoms with Gasteiger partial charge in [0.2, 0.25) is 0 Å². The number of anilines is 1. The fraction of sp³-hybridized carbons (Fsp3) is 0.632. The number of unbranched alkanes of at least 4 members (excludes halogenated alkanes) is 2. The van der Waals surface area contributed by atoms with Gasteiger partial charge in [0.1, 0.15) is 17.5 Å². The summed E-state index contributed by atoms with van der Waals surface area (Å²) < 4.78 is 11.1. The van der Waals surface area contributed by atoms with Gasteiger partial charge in [0.05, 0.1) is 6.54 Å². The van der Waals surface area contributed by atoms with Crippen LogP contribution < -0.4 is 15.4 Å². The van der Waals surface area contributed by atoms with E-state index in [9.17, 15) is 4.79 Å². The monoisotopic (exact) mass is 350 g/mol. The van der Waals surface area contributed by atoms with Crippen LogP contribution in [0.25, 0.3) is 0 Å². The summed E-state index contributed by atoms with van der Waals surface area (Å²) in [6, 6.07) is 6.09. The van der Waals surface area contributed by atoms with Crippen molar-refractivity contribution >= 4 is 11.8 Å². The lowest BCUT2D eigenvalue weighted by atomic mass is 10.1. The van der Waals surface area contributed by atoms with Gasteiger partial charge in [-0.25, -0.2) is 4.79 Å². The highest BCUT2D eigenvalue weighted by Crippen LogP contribution is 2.31. The fourth-order valence-electron chi connectivity index (χ4n) is 2.70. The molecule has 0 aromatic heterocycles. The minimum absolute atomic E-state index is 0.0673. The SMILES string of the molecule is CC(C)(C)OC(=O)NCC1Cc2cc(NCCCCCO)ccc2O1. The van der Waals surface area contributed by atoms with Gasteiger partial charge in [-0.1, -0.05) is 0 Å². The molecule has 2 rings (SSSR count). The number of ether oxygens (including phenoxy) is 2. The van der Waals surface area contributed by atoms with Crippen molar-refractivity contribution < 1.29 is 19.4 Å². The fourth-order valence-corrected chi connectivity index (χ4v) is 2.70. The molecule has 0 fully saturated rings. The largest absolute Gasteiger partial charge is 0.488 e. The predicted octanol–water partition coefficient (Wildman–Crippen LogP) is 3.09. The number of alkyl carbamates (subject to hydrolysis) is 1. The van der Waals surface area contributed by atoms with Crippen LogP contribution in [-0.2, 0) is 11.2 Å². The molecule has 1 aromatic carbocycles. The molecule has 0 aliphatic carbocycles. The number of carbonyl (C=O) groups is 1. The highest BCUT2D eigenvalue weighted by molar-refractivity contribution is 5.67. The van der Waals surface area contributed by atoms with Crippen molar-refractivity contribution in [2.75, 3.05) is 25.0 Å². The van der Waals surface area contributed by atoms with Crippen LogP contribution in [0.4, 0.5) is 10.5 Å². The summed E-state index contributed by atoms with van der Waals surface area (Å²) in [6.45, 7) is 7.10. The normalized spacial score (nSPS) is 16.1. The molecule has 6 heteroatoms. The van der Waals surface area contributed by atoms with E-state index in [1.54, 1.807) is 0 Å². The quantitative estimate of drug-likeness (QED) is 0.628. The summed E-state index contributed by atoms with van der Waals surface area (Å²) in [6.07, 6.45) is 3.20. The summed E-state index contributed by atoms with van der Waals surface area (Å²) >= 11 is 0. The van der Waals surface area contributed by atoms with Crippen molar-refractivity contribution in [1.29, 1.82) is 0 Å². The lowest BCUT2D eigenvalue weighted by molar-refractivity contribution is 0.0506. The first-order valence-electron chi connectivity index (χ1n) is 8.98. The molecule has 25 heavy (non-hydrogen) atoms. The lowest BCUT2D eigenvalue weighted by Crippen LogP contribution is -2.38. The topological polar surface area (TPSA) is 79.8 Å². The van der Waals surface area contributed by atoms with Gasteiger partial charge in [-0.3, -0.25) is 0 Å². The minimum Gasteiger partial charge on any atom is -0.488 e. The van der Waals surface area contributed by atoms with Crippen LogP contribution in [0.2, 0.25) is 0 Å². The predicted molar refractivity (Wildman–Crippen MR) is 98.2 cm³/mol. The van der Waals surface area contributed by atoms with E-state index < -0.39 is 11.7 Å². The van der Waals surface area contributed by atoms with Crippen molar-refractivity contribution in [2.45, 2.75) is 58.2 Å². The number of hydrogen-bond acceptors (Lipinski definition) is 5. The molecular weight excluding hydrogens is 320 g/mol. The van der Waals surface area contributed by atoms with E-state index in [0.29, 0.717) is 6.54 Å². The summed E-state index contributed by atoms with van der Waals surface area (Å²) in [5.74, 6) is 0.877. The summed E-state index contributed by atoms with van der Waals surface area (Å²) in [5, 5.41) is 14.9. The van der Waals surface area contributed by atoms with Gasteiger partial charge in [-0.05, 0) is 63.8 Å². The third kappa shape index (κ3) is 6.82. The number of fused-ring (bicyclic) bond motifs is 1. The molecule has 0 radical (unpaired) electrons. The van der Waals surface area contributed by atoms with Crippen molar-refractivity contribution in [1.82, 2.24) is 5.32 Å². The number of aliphatic hydroxyl groups excluding tert-OH is 1. The van der Waals surface area contributed by atoms with E-state index in [0.717, 1.165) is 49.2 Å². The number of carbonyl (C=O) groups excluding carboxylic acids is 1. The molecule has 1 unspecified atom stereocenters. The van der Waals surface area contributed by atoms with Gasteiger partial charge in [0.25, 0.3) is 0 Å². The Kier molecular flexibility index (Phi) is 6.93. The second-order valence-electron chi connectivity index (χ2n) is 7.36. The molecule has 0 bridgehead atoms. The Labute approximate surface area is 149 Å². The van der Waals surface area contributed by atoms with Crippen molar-refractivity contribution in [3.63, 3.8) is 0 Å². The van der Waals surface area contributed by atoms with Gasteiger partial charge in [0.15, 0.2) is 0 Å². The van der Waals surface area contributed by atoms with Crippen molar-refractivity contribution in [3.05, 3.63) is 23.8 Å². The van der Waals surface area contributed by atoms with Crippen LogP contribution in [0.1, 0.15) is 45.6 Å². The van der Waals surface area contributed by atoms with E-state index in [4.69, 9.17) is 14.6 Å². The highest BCUT2D eigenvalue weighted by atomic mass is 16.6. The first kappa shape index (κ1) is 19.4. The van der Waals surface area contributed by atoms with Crippen LogP contribution in [0.15, 0.2) is 18.2 Å². The highest BCUT2D eigenvalue weighted by Gasteiger charge is 2.24. The molecule has 1 heterocycles. The maximum atomic E-state index is 11.7. The lowest BCUT2D eigenvalue weighted by Gasteiger charge is -2.20. The van der Waals surface area contributed by atoms with Crippen molar-refractivity contribution in [2.24, 2.45) is 0 Å². The van der Waals surface area contributed by atoms with Crippen LogP contribution in [0.5, 0.6) is 5.75 Å². The molecule has 0 saturated heterocycles. The van der Waals surface area contributed by atoms with E-state index in [1.165, 1.54) is 0 Å². The standard InChI is InChI=1S/C19H30N2O4/c1-19(2,3)25-18(23)21-13-16-12-14-11-15(7-8-17(14)24-16)20-9-5-4-6-10-22/h7-8,11,16,20,22H,4-6,9-10,12-13H2,1-3H3,(H,21,23). The summed E-state index contributed by atoms with van der Waals surface area (Å²) in [4.78, 5) is 11.7. The van der Waals surface area contributed by atoms with Gasteiger partial charge in [-0.2, -0.15) is 0 Å². The van der Waals surface area contributed by atoms with Gasteiger partial charge in [0, 0.05) is 25.3 Å². The maximum Gasteiger partial charge on any atom is 0.407 e. The average molecular weight is 350 g/mol. The Balaban J connectivity index is 1.75. The zero-order chi connectivity index (χ0) is 18.3. The zero-order valence-corrected chi connectivity index (χ0v) is 15.4. The molecule has 1 aromatic rings. The third-order valence-corrected chi connectivity index (χ3v) is 3.84. The molecule has 0 saturated carbocycles. The van der Waals surface area contributed by atoms with Crippen molar-refractivity contribution in [3.8, 4) is 5.75 Å². The second kappa shape index (κ2) is 8.94. The van der Waals surface area contributed by atoms with E-state index in [1.807, 2.05) is 32.9 Å². The zero-order valence-electron chi connectivity index (χ0n) is 15.4. The molecule has 1 atom stereocenters. The molecule has 3 N–H and O–H groups in total. The maximum absolute atomic E-state index is 11.7. The molecular formula is C19H30N2O4. The molecule has 1 aliphatic rings. The Morgan fingerprint density at radius 3 is 2.84 bits per heavy atom. The molecule has 140 valence electrons. The Hall–Kier alpha value is -1.95. The number of hydrogen-bond donors (Lipinski definition) is 3. The Bertz CT molecular complexity index is 569. The van der Waals surface area contributed by atoms with Crippen LogP contribution in [0.3, 0.4) is 0 Å². The second-order valence-corrected chi connectivity index (χ2v) is 7.36. The smallest absolute Gasteiger partial charge is 0.407 e. The Morgan fingerprint density at radius 2 is 2.12 bits per heavy atom. The van der Waals surface area contributed by atoms with Crippen LogP contribution in [-0.4, -0.2) is 42.6 Å². The van der Waals surface area contributed by atoms with Gasteiger partial charge >= 0.3 is 6.09 Å². The van der Waals surface area contributed by atoms with Crippen LogP contribution in [0, 0.1) is 0 Å². The summed E-state index contributed by atoms with van der Waals surface area (Å²) in [5.41, 5.74) is 1.73. The molecule has 1 amide bonds. The number of aliphatic hydroxyl groups is 1. The number of rotatable bonds is 8. The number of amides is 1. The minimum atomic E-state index is -0.499. The first-order chi connectivity index (χ1) is 11.9. The van der Waals surface area contributed by atoms with E-state index in [-0.39, 0.29) is 12.7 Å². The van der Waals surface area contributed by atoms with Gasteiger partial charge < -0.3 is 25.2 Å². The van der Waals surface area contributed by atoms with E-state index >= 15 is 0 Å². The van der Waals surface area contributed by atoms with Gasteiger partial charge in [-0.15, -0.1) is 0 Å². The summed E-state index contributed by atoms with van der Waals surface area (Å²) in [7, 11) is 0. The number of nitrogens with one attached hydrogen (secondary N) is 2. The third-order valence-electron chi connectivity index (χ3n) is 3.84. The molecule has 6 nitrogen and oxygen atoms in total. The average Bonchev–Trinajstić information content (AvgIpc) is 2.93. The van der Waals surface area contributed by atoms with E-state index in [2.05, 4.69) is 16.7 Å². The first-order valence-corrected chi connectivity index (χ1v) is 8.98. The molecule has 1 aliphatic heterocycles. The Morgan fingerprint density at radius 1 is 1.32 bits per heavy atom. The van der Waals surface area contributed by atoms with Crippen LogP contribution >= 0.6 is 0 Å². The molecule has 0 spiro atoms. The number of benzene rings is 1.